The Morgan fingerprint density at radius 1 is 1.33 bits per heavy atom. The number of carbonyl (C=O) groups excluding carboxylic acids is 1. The molecular formula is C17H20N4OS2. The van der Waals surface area contributed by atoms with Crippen LogP contribution in [0.3, 0.4) is 0 Å². The fraction of sp³-hybridized carbons (Fsp3) is 0.471. The lowest BCUT2D eigenvalue weighted by Gasteiger charge is -2.25. The summed E-state index contributed by atoms with van der Waals surface area (Å²) in [6.45, 7) is 2.15. The molecule has 0 unspecified atom stereocenters. The Balaban J connectivity index is 1.56. The van der Waals surface area contributed by atoms with E-state index in [2.05, 4.69) is 26.9 Å². The van der Waals surface area contributed by atoms with Crippen molar-refractivity contribution < 1.29 is 4.79 Å². The van der Waals surface area contributed by atoms with Crippen LogP contribution in [0.5, 0.6) is 0 Å². The summed E-state index contributed by atoms with van der Waals surface area (Å²) in [6.07, 6.45) is 7.49. The number of rotatable bonds is 5. The standard InChI is InChI=1S/C17H20N4OS2/c22-16(12-6-7-12)20-18-11-14-15(13-5-4-10-23-13)19-17(24-14)21-8-2-1-3-9-21/h4-5,10-12H,1-3,6-9H2,(H,20,22)/b18-11+. The highest BCUT2D eigenvalue weighted by Gasteiger charge is 2.29. The van der Waals surface area contributed by atoms with Crippen molar-refractivity contribution in [2.24, 2.45) is 11.0 Å². The number of thiophene rings is 1. The molecule has 1 aliphatic carbocycles. The van der Waals surface area contributed by atoms with Gasteiger partial charge in [0, 0.05) is 19.0 Å². The number of piperidine rings is 1. The number of amides is 1. The van der Waals surface area contributed by atoms with Gasteiger partial charge in [0.1, 0.15) is 5.69 Å². The second kappa shape index (κ2) is 7.03. The number of nitrogens with zero attached hydrogens (tertiary/aromatic N) is 3. The van der Waals surface area contributed by atoms with Crippen molar-refractivity contribution in [1.82, 2.24) is 10.4 Å². The lowest BCUT2D eigenvalue weighted by Crippen LogP contribution is -2.29. The van der Waals surface area contributed by atoms with Gasteiger partial charge in [-0.2, -0.15) is 5.10 Å². The monoisotopic (exact) mass is 360 g/mol. The highest BCUT2D eigenvalue weighted by atomic mass is 32.1. The average Bonchev–Trinajstić information content (AvgIpc) is 3.16. The van der Waals surface area contributed by atoms with E-state index in [-0.39, 0.29) is 11.8 Å². The number of carbonyl (C=O) groups is 1. The first kappa shape index (κ1) is 15.8. The zero-order valence-corrected chi connectivity index (χ0v) is 15.0. The Bertz CT molecular complexity index is 728. The highest BCUT2D eigenvalue weighted by Crippen LogP contribution is 2.35. The molecule has 2 aliphatic rings. The van der Waals surface area contributed by atoms with E-state index in [1.807, 2.05) is 6.07 Å². The molecule has 0 radical (unpaired) electrons. The van der Waals surface area contributed by atoms with Gasteiger partial charge in [0.05, 0.1) is 16.0 Å². The van der Waals surface area contributed by atoms with Crippen LogP contribution in [0.15, 0.2) is 22.6 Å². The zero-order chi connectivity index (χ0) is 16.4. The second-order valence-electron chi connectivity index (χ2n) is 6.24. The van der Waals surface area contributed by atoms with Gasteiger partial charge in [-0.3, -0.25) is 4.79 Å². The molecular weight excluding hydrogens is 340 g/mol. The van der Waals surface area contributed by atoms with Crippen molar-refractivity contribution in [2.75, 3.05) is 18.0 Å². The first-order chi connectivity index (χ1) is 11.8. The van der Waals surface area contributed by atoms with Crippen LogP contribution in [0.2, 0.25) is 0 Å². The third-order valence-corrected chi connectivity index (χ3v) is 6.26. The van der Waals surface area contributed by atoms with Gasteiger partial charge in [-0.25, -0.2) is 10.4 Å². The van der Waals surface area contributed by atoms with Gasteiger partial charge in [-0.05, 0) is 43.6 Å². The maximum atomic E-state index is 11.7. The van der Waals surface area contributed by atoms with Gasteiger partial charge in [0.15, 0.2) is 5.13 Å². The van der Waals surface area contributed by atoms with Crippen LogP contribution < -0.4 is 10.3 Å². The molecule has 5 nitrogen and oxygen atoms in total. The summed E-state index contributed by atoms with van der Waals surface area (Å²) in [6, 6.07) is 4.12. The number of anilines is 1. The van der Waals surface area contributed by atoms with Gasteiger partial charge in [0.2, 0.25) is 5.91 Å². The molecule has 0 atom stereocenters. The van der Waals surface area contributed by atoms with Crippen LogP contribution in [-0.2, 0) is 4.79 Å². The summed E-state index contributed by atoms with van der Waals surface area (Å²) >= 11 is 3.34. The molecule has 24 heavy (non-hydrogen) atoms. The molecule has 0 aromatic carbocycles. The predicted molar refractivity (Wildman–Crippen MR) is 100.0 cm³/mol. The molecule has 7 heteroatoms. The van der Waals surface area contributed by atoms with Crippen molar-refractivity contribution in [3.8, 4) is 10.6 Å². The molecule has 0 spiro atoms. The Hall–Kier alpha value is -1.73. The van der Waals surface area contributed by atoms with Crippen LogP contribution in [-0.4, -0.2) is 30.2 Å². The lowest BCUT2D eigenvalue weighted by molar-refractivity contribution is -0.122. The summed E-state index contributed by atoms with van der Waals surface area (Å²) in [4.78, 5) is 21.1. The minimum Gasteiger partial charge on any atom is -0.348 e. The molecule has 4 rings (SSSR count). The van der Waals surface area contributed by atoms with Gasteiger partial charge >= 0.3 is 0 Å². The molecule has 1 aliphatic heterocycles. The number of hydrazone groups is 1. The Kier molecular flexibility index (Phi) is 4.62. The van der Waals surface area contributed by atoms with Crippen LogP contribution in [0.4, 0.5) is 5.13 Å². The van der Waals surface area contributed by atoms with Gasteiger partial charge in [-0.1, -0.05) is 17.4 Å². The molecule has 1 saturated heterocycles. The molecule has 1 N–H and O–H groups in total. The van der Waals surface area contributed by atoms with Gasteiger partial charge in [-0.15, -0.1) is 11.3 Å². The summed E-state index contributed by atoms with van der Waals surface area (Å²) < 4.78 is 0. The predicted octanol–water partition coefficient (Wildman–Crippen LogP) is 3.72. The summed E-state index contributed by atoms with van der Waals surface area (Å²) in [5, 5.41) is 7.29. The Labute approximate surface area is 149 Å². The minimum atomic E-state index is 0.0321. The molecule has 0 bridgehead atoms. The highest BCUT2D eigenvalue weighted by molar-refractivity contribution is 7.18. The first-order valence-corrected chi connectivity index (χ1v) is 10.1. The smallest absolute Gasteiger partial charge is 0.243 e. The van der Waals surface area contributed by atoms with Crippen molar-refractivity contribution in [2.45, 2.75) is 32.1 Å². The largest absolute Gasteiger partial charge is 0.348 e. The quantitative estimate of drug-likeness (QED) is 0.653. The van der Waals surface area contributed by atoms with E-state index in [0.29, 0.717) is 0 Å². The van der Waals surface area contributed by atoms with E-state index < -0.39 is 0 Å². The first-order valence-electron chi connectivity index (χ1n) is 8.44. The number of nitrogens with one attached hydrogen (secondary N) is 1. The summed E-state index contributed by atoms with van der Waals surface area (Å²) in [5.74, 6) is 0.203. The van der Waals surface area contributed by atoms with Crippen molar-refractivity contribution in [1.29, 1.82) is 0 Å². The van der Waals surface area contributed by atoms with E-state index in [0.717, 1.165) is 46.5 Å². The lowest BCUT2D eigenvalue weighted by atomic mass is 10.1. The molecule has 126 valence electrons. The normalized spacial score (nSPS) is 18.2. The van der Waals surface area contributed by atoms with Gasteiger partial charge in [0.25, 0.3) is 0 Å². The molecule has 2 fully saturated rings. The van der Waals surface area contributed by atoms with E-state index >= 15 is 0 Å². The minimum absolute atomic E-state index is 0.0321. The molecule has 2 aromatic rings. The van der Waals surface area contributed by atoms with E-state index in [1.54, 1.807) is 28.9 Å². The topological polar surface area (TPSA) is 57.6 Å². The Morgan fingerprint density at radius 3 is 2.88 bits per heavy atom. The number of aromatic nitrogens is 1. The van der Waals surface area contributed by atoms with Crippen LogP contribution in [0.25, 0.3) is 10.6 Å². The maximum absolute atomic E-state index is 11.7. The fourth-order valence-corrected chi connectivity index (χ4v) is 4.61. The SMILES string of the molecule is O=C(N/N=C/c1sc(N2CCCCC2)nc1-c1cccs1)C1CC1. The van der Waals surface area contributed by atoms with Crippen molar-refractivity contribution in [3.05, 3.63) is 22.4 Å². The maximum Gasteiger partial charge on any atom is 0.243 e. The molecule has 1 amide bonds. The third kappa shape index (κ3) is 3.52. The molecule has 2 aromatic heterocycles. The Morgan fingerprint density at radius 2 is 2.17 bits per heavy atom. The average molecular weight is 361 g/mol. The third-order valence-electron chi connectivity index (χ3n) is 4.33. The van der Waals surface area contributed by atoms with Crippen molar-refractivity contribution in [3.63, 3.8) is 0 Å². The number of thiazole rings is 1. The van der Waals surface area contributed by atoms with E-state index in [9.17, 15) is 4.79 Å². The van der Waals surface area contributed by atoms with Gasteiger partial charge < -0.3 is 4.90 Å². The number of hydrogen-bond acceptors (Lipinski definition) is 6. The number of hydrogen-bond donors (Lipinski definition) is 1. The van der Waals surface area contributed by atoms with Crippen molar-refractivity contribution >= 4 is 39.9 Å². The van der Waals surface area contributed by atoms with E-state index in [1.165, 1.54) is 19.3 Å². The fourth-order valence-electron chi connectivity index (χ4n) is 2.81. The summed E-state index contributed by atoms with van der Waals surface area (Å²) in [5.41, 5.74) is 3.63. The van der Waals surface area contributed by atoms with Crippen LogP contribution >= 0.6 is 22.7 Å². The summed E-state index contributed by atoms with van der Waals surface area (Å²) in [7, 11) is 0. The van der Waals surface area contributed by atoms with Crippen LogP contribution in [0.1, 0.15) is 37.0 Å². The zero-order valence-electron chi connectivity index (χ0n) is 13.4. The van der Waals surface area contributed by atoms with Crippen LogP contribution in [0, 0.1) is 5.92 Å². The molecule has 3 heterocycles. The van der Waals surface area contributed by atoms with E-state index in [4.69, 9.17) is 4.98 Å². The molecule has 1 saturated carbocycles. The second-order valence-corrected chi connectivity index (χ2v) is 8.20.